The van der Waals surface area contributed by atoms with Gasteiger partial charge < -0.3 is 10.5 Å². The van der Waals surface area contributed by atoms with Crippen LogP contribution in [0, 0.1) is 6.92 Å². The number of benzene rings is 1. The average molecular weight is 303 g/mol. The lowest BCUT2D eigenvalue weighted by Crippen LogP contribution is -2.13. The van der Waals surface area contributed by atoms with Crippen molar-refractivity contribution in [3.63, 3.8) is 0 Å². The van der Waals surface area contributed by atoms with Gasteiger partial charge in [-0.25, -0.2) is 14.8 Å². The SMILES string of the molecule is CCOC(=O)c1c(C)nc(-c2ccc(SC)cc2)nc1N. The molecule has 0 aliphatic carbocycles. The Morgan fingerprint density at radius 2 is 1.95 bits per heavy atom. The number of nitrogen functional groups attached to an aromatic ring is 1. The molecule has 0 aliphatic rings. The molecule has 0 atom stereocenters. The molecule has 0 aliphatic heterocycles. The molecule has 0 saturated heterocycles. The minimum atomic E-state index is -0.489. The van der Waals surface area contributed by atoms with E-state index < -0.39 is 5.97 Å². The zero-order valence-electron chi connectivity index (χ0n) is 12.2. The molecule has 110 valence electrons. The number of rotatable bonds is 4. The molecule has 2 rings (SSSR count). The van der Waals surface area contributed by atoms with Crippen molar-refractivity contribution in [2.75, 3.05) is 18.6 Å². The molecular formula is C15H17N3O2S. The fourth-order valence-corrected chi connectivity index (χ4v) is 2.33. The third kappa shape index (κ3) is 3.33. The normalized spacial score (nSPS) is 10.4. The van der Waals surface area contributed by atoms with Crippen molar-refractivity contribution in [2.24, 2.45) is 0 Å². The van der Waals surface area contributed by atoms with Crippen LogP contribution in [0.5, 0.6) is 0 Å². The van der Waals surface area contributed by atoms with E-state index in [0.717, 1.165) is 10.5 Å². The Morgan fingerprint density at radius 3 is 2.48 bits per heavy atom. The van der Waals surface area contributed by atoms with Gasteiger partial charge in [-0.05, 0) is 32.2 Å². The van der Waals surface area contributed by atoms with Gasteiger partial charge in [0.25, 0.3) is 0 Å². The smallest absolute Gasteiger partial charge is 0.343 e. The predicted octanol–water partition coefficient (Wildman–Crippen LogP) is 2.93. The Morgan fingerprint density at radius 1 is 1.29 bits per heavy atom. The fourth-order valence-electron chi connectivity index (χ4n) is 1.92. The van der Waals surface area contributed by atoms with E-state index in [9.17, 15) is 4.79 Å². The number of anilines is 1. The van der Waals surface area contributed by atoms with Gasteiger partial charge in [0.1, 0.15) is 11.4 Å². The van der Waals surface area contributed by atoms with Crippen molar-refractivity contribution in [1.29, 1.82) is 0 Å². The number of nitrogens with zero attached hydrogens (tertiary/aromatic N) is 2. The Bertz CT molecular complexity index is 633. The molecule has 1 heterocycles. The molecule has 6 heteroatoms. The van der Waals surface area contributed by atoms with Gasteiger partial charge in [-0.15, -0.1) is 11.8 Å². The van der Waals surface area contributed by atoms with Gasteiger partial charge in [-0.2, -0.15) is 0 Å². The molecular weight excluding hydrogens is 286 g/mol. The number of ether oxygens (including phenoxy) is 1. The highest BCUT2D eigenvalue weighted by atomic mass is 32.2. The van der Waals surface area contributed by atoms with Crippen LogP contribution < -0.4 is 5.73 Å². The molecule has 2 N–H and O–H groups in total. The summed E-state index contributed by atoms with van der Waals surface area (Å²) in [6, 6.07) is 7.86. The van der Waals surface area contributed by atoms with Gasteiger partial charge in [-0.1, -0.05) is 12.1 Å². The molecule has 5 nitrogen and oxygen atoms in total. The summed E-state index contributed by atoms with van der Waals surface area (Å²) in [7, 11) is 0. The van der Waals surface area contributed by atoms with E-state index in [2.05, 4.69) is 9.97 Å². The van der Waals surface area contributed by atoms with Gasteiger partial charge in [0.15, 0.2) is 5.82 Å². The van der Waals surface area contributed by atoms with E-state index in [1.165, 1.54) is 0 Å². The standard InChI is InChI=1S/C15H17N3O2S/c1-4-20-15(19)12-9(2)17-14(18-13(12)16)10-5-7-11(21-3)8-6-10/h5-8H,4H2,1-3H3,(H2,16,17,18). The van der Waals surface area contributed by atoms with Crippen LogP contribution in [0.25, 0.3) is 11.4 Å². The number of esters is 1. The third-order valence-corrected chi connectivity index (χ3v) is 3.69. The molecule has 0 bridgehead atoms. The highest BCUT2D eigenvalue weighted by molar-refractivity contribution is 7.98. The molecule has 0 amide bonds. The quantitative estimate of drug-likeness (QED) is 0.691. The minimum Gasteiger partial charge on any atom is -0.462 e. The molecule has 2 aromatic rings. The minimum absolute atomic E-state index is 0.143. The highest BCUT2D eigenvalue weighted by Crippen LogP contribution is 2.23. The number of carbonyl (C=O) groups excluding carboxylic acids is 1. The zero-order chi connectivity index (χ0) is 15.4. The van der Waals surface area contributed by atoms with Gasteiger partial charge in [0.05, 0.1) is 12.3 Å². The first-order chi connectivity index (χ1) is 10.1. The van der Waals surface area contributed by atoms with Gasteiger partial charge in [-0.3, -0.25) is 0 Å². The monoisotopic (exact) mass is 303 g/mol. The number of thioether (sulfide) groups is 1. The van der Waals surface area contributed by atoms with Crippen molar-refractivity contribution in [2.45, 2.75) is 18.7 Å². The van der Waals surface area contributed by atoms with E-state index >= 15 is 0 Å². The lowest BCUT2D eigenvalue weighted by molar-refractivity contribution is 0.0526. The molecule has 0 radical (unpaired) electrons. The third-order valence-electron chi connectivity index (χ3n) is 2.95. The topological polar surface area (TPSA) is 78.1 Å². The summed E-state index contributed by atoms with van der Waals surface area (Å²) >= 11 is 1.66. The molecule has 1 aromatic heterocycles. The van der Waals surface area contributed by atoms with Crippen LogP contribution in [0.4, 0.5) is 5.82 Å². The van der Waals surface area contributed by atoms with Crippen LogP contribution in [0.1, 0.15) is 23.0 Å². The molecule has 0 saturated carbocycles. The average Bonchev–Trinajstić information content (AvgIpc) is 2.47. The highest BCUT2D eigenvalue weighted by Gasteiger charge is 2.18. The largest absolute Gasteiger partial charge is 0.462 e. The summed E-state index contributed by atoms with van der Waals surface area (Å²) in [4.78, 5) is 21.6. The predicted molar refractivity (Wildman–Crippen MR) is 84.4 cm³/mol. The lowest BCUT2D eigenvalue weighted by atomic mass is 10.1. The summed E-state index contributed by atoms with van der Waals surface area (Å²) in [5, 5.41) is 0. The number of aromatic nitrogens is 2. The molecule has 0 fully saturated rings. The Balaban J connectivity index is 2.41. The van der Waals surface area contributed by atoms with Crippen LogP contribution in [0.3, 0.4) is 0 Å². The molecule has 1 aromatic carbocycles. The van der Waals surface area contributed by atoms with Crippen molar-refractivity contribution in [3.05, 3.63) is 35.5 Å². The van der Waals surface area contributed by atoms with Crippen LogP contribution in [0.15, 0.2) is 29.2 Å². The van der Waals surface area contributed by atoms with Crippen LogP contribution >= 0.6 is 11.8 Å². The van der Waals surface area contributed by atoms with E-state index in [4.69, 9.17) is 10.5 Å². The van der Waals surface area contributed by atoms with Crippen LogP contribution in [-0.2, 0) is 4.74 Å². The lowest BCUT2D eigenvalue weighted by Gasteiger charge is -2.10. The van der Waals surface area contributed by atoms with Crippen molar-refractivity contribution >= 4 is 23.5 Å². The summed E-state index contributed by atoms with van der Waals surface area (Å²) in [5.74, 6) is 0.160. The Labute approximate surface area is 127 Å². The zero-order valence-corrected chi connectivity index (χ0v) is 13.0. The van der Waals surface area contributed by atoms with E-state index in [1.807, 2.05) is 30.5 Å². The van der Waals surface area contributed by atoms with Crippen molar-refractivity contribution in [3.8, 4) is 11.4 Å². The molecule has 21 heavy (non-hydrogen) atoms. The van der Waals surface area contributed by atoms with Crippen LogP contribution in [-0.4, -0.2) is 28.8 Å². The van der Waals surface area contributed by atoms with Crippen LogP contribution in [0.2, 0.25) is 0 Å². The number of carbonyl (C=O) groups is 1. The first-order valence-corrected chi connectivity index (χ1v) is 7.75. The second-order valence-corrected chi connectivity index (χ2v) is 5.22. The first-order valence-electron chi connectivity index (χ1n) is 6.52. The van der Waals surface area contributed by atoms with Gasteiger partial charge in [0.2, 0.25) is 0 Å². The van der Waals surface area contributed by atoms with E-state index in [1.54, 1.807) is 25.6 Å². The second-order valence-electron chi connectivity index (χ2n) is 4.34. The van der Waals surface area contributed by atoms with Crippen molar-refractivity contribution in [1.82, 2.24) is 9.97 Å². The number of aryl methyl sites for hydroxylation is 1. The number of nitrogens with two attached hydrogens (primary N) is 1. The maximum atomic E-state index is 11.8. The summed E-state index contributed by atoms with van der Waals surface area (Å²) in [6.07, 6.45) is 2.02. The molecule has 0 spiro atoms. The Kier molecular flexibility index (Phi) is 4.80. The van der Waals surface area contributed by atoms with Gasteiger partial charge in [0, 0.05) is 10.5 Å². The summed E-state index contributed by atoms with van der Waals surface area (Å²) in [6.45, 7) is 3.76. The summed E-state index contributed by atoms with van der Waals surface area (Å²) in [5.41, 5.74) is 7.51. The summed E-state index contributed by atoms with van der Waals surface area (Å²) < 4.78 is 4.96. The maximum absolute atomic E-state index is 11.8. The Hall–Kier alpha value is -2.08. The van der Waals surface area contributed by atoms with Crippen molar-refractivity contribution < 1.29 is 9.53 Å². The number of hydrogen-bond donors (Lipinski definition) is 1. The van der Waals surface area contributed by atoms with E-state index in [0.29, 0.717) is 11.5 Å². The van der Waals surface area contributed by atoms with E-state index in [-0.39, 0.29) is 18.0 Å². The number of hydrogen-bond acceptors (Lipinski definition) is 6. The maximum Gasteiger partial charge on any atom is 0.343 e. The van der Waals surface area contributed by atoms with Gasteiger partial charge >= 0.3 is 5.97 Å². The second kappa shape index (κ2) is 6.58. The fraction of sp³-hybridized carbons (Fsp3) is 0.267. The molecule has 0 unspecified atom stereocenters. The first kappa shape index (κ1) is 15.3.